The monoisotopic (exact) mass is 411 g/mol. The average molecular weight is 412 g/mol. The molecule has 1 fully saturated rings. The fourth-order valence-corrected chi connectivity index (χ4v) is 4.72. The molecular formula is C22H25N3O3S. The minimum absolute atomic E-state index is 0.0356. The molecule has 0 bridgehead atoms. The summed E-state index contributed by atoms with van der Waals surface area (Å²) in [5.74, 6) is 1.26. The van der Waals surface area contributed by atoms with Gasteiger partial charge in [0.2, 0.25) is 0 Å². The van der Waals surface area contributed by atoms with Crippen molar-refractivity contribution in [1.82, 2.24) is 9.97 Å². The highest BCUT2D eigenvalue weighted by Crippen LogP contribution is 2.35. The van der Waals surface area contributed by atoms with Gasteiger partial charge in [0.25, 0.3) is 0 Å². The Morgan fingerprint density at radius 3 is 2.66 bits per heavy atom. The van der Waals surface area contributed by atoms with Gasteiger partial charge in [-0.25, -0.2) is 14.8 Å². The van der Waals surface area contributed by atoms with Gasteiger partial charge in [-0.2, -0.15) is 0 Å². The second-order valence-corrected chi connectivity index (χ2v) is 8.21. The van der Waals surface area contributed by atoms with E-state index in [1.165, 1.54) is 24.1 Å². The Balaban J connectivity index is 1.58. The van der Waals surface area contributed by atoms with Gasteiger partial charge >= 0.3 is 5.97 Å². The molecule has 2 aromatic heterocycles. The lowest BCUT2D eigenvalue weighted by molar-refractivity contribution is 0.0216. The number of thiophene rings is 1. The second kappa shape index (κ2) is 8.78. The SMILES string of the molecule is CCOc1ccc(Nc2ncnc3sc(C(=O)OC4CCCCC4)c(C)c23)cc1. The first-order valence-electron chi connectivity index (χ1n) is 10.1. The Morgan fingerprint density at radius 1 is 1.17 bits per heavy atom. The zero-order valence-electron chi connectivity index (χ0n) is 16.7. The molecule has 3 aromatic rings. The van der Waals surface area contributed by atoms with E-state index in [1.807, 2.05) is 38.1 Å². The molecule has 0 spiro atoms. The number of fused-ring (bicyclic) bond motifs is 1. The third-order valence-electron chi connectivity index (χ3n) is 5.17. The van der Waals surface area contributed by atoms with Gasteiger partial charge in [-0.1, -0.05) is 6.42 Å². The van der Waals surface area contributed by atoms with Crippen molar-refractivity contribution in [3.05, 3.63) is 41.0 Å². The smallest absolute Gasteiger partial charge is 0.348 e. The van der Waals surface area contributed by atoms with Crippen LogP contribution in [0.1, 0.15) is 54.3 Å². The van der Waals surface area contributed by atoms with Gasteiger partial charge in [-0.05, 0) is 69.4 Å². The molecular weight excluding hydrogens is 386 g/mol. The summed E-state index contributed by atoms with van der Waals surface area (Å²) in [7, 11) is 0. The normalized spacial score (nSPS) is 14.7. The fourth-order valence-electron chi connectivity index (χ4n) is 3.69. The highest BCUT2D eigenvalue weighted by atomic mass is 32.1. The van der Waals surface area contributed by atoms with Crippen molar-refractivity contribution in [2.45, 2.75) is 52.1 Å². The number of carbonyl (C=O) groups excluding carboxylic acids is 1. The number of nitrogens with one attached hydrogen (secondary N) is 1. The molecule has 1 N–H and O–H groups in total. The lowest BCUT2D eigenvalue weighted by atomic mass is 9.98. The minimum Gasteiger partial charge on any atom is -0.494 e. The zero-order valence-corrected chi connectivity index (χ0v) is 17.6. The van der Waals surface area contributed by atoms with Crippen LogP contribution in [0.25, 0.3) is 10.2 Å². The first-order valence-corrected chi connectivity index (χ1v) is 10.9. The Labute approximate surface area is 174 Å². The summed E-state index contributed by atoms with van der Waals surface area (Å²) < 4.78 is 11.3. The fraction of sp³-hybridized carbons (Fsp3) is 0.409. The van der Waals surface area contributed by atoms with Crippen LogP contribution in [-0.4, -0.2) is 28.6 Å². The van der Waals surface area contributed by atoms with Crippen molar-refractivity contribution in [3.8, 4) is 5.75 Å². The van der Waals surface area contributed by atoms with E-state index in [4.69, 9.17) is 9.47 Å². The summed E-state index contributed by atoms with van der Waals surface area (Å²) >= 11 is 1.37. The largest absolute Gasteiger partial charge is 0.494 e. The summed E-state index contributed by atoms with van der Waals surface area (Å²) in [6, 6.07) is 7.72. The number of esters is 1. The molecule has 1 aliphatic carbocycles. The molecule has 0 unspecified atom stereocenters. The molecule has 0 saturated heterocycles. The van der Waals surface area contributed by atoms with Crippen LogP contribution in [0.2, 0.25) is 0 Å². The number of hydrogen-bond donors (Lipinski definition) is 1. The molecule has 1 saturated carbocycles. The lowest BCUT2D eigenvalue weighted by Crippen LogP contribution is -2.20. The molecule has 7 heteroatoms. The molecule has 6 nitrogen and oxygen atoms in total. The first kappa shape index (κ1) is 19.6. The molecule has 152 valence electrons. The number of rotatable bonds is 6. The molecule has 0 amide bonds. The van der Waals surface area contributed by atoms with Crippen LogP contribution in [0, 0.1) is 6.92 Å². The highest BCUT2D eigenvalue weighted by molar-refractivity contribution is 7.20. The number of benzene rings is 1. The van der Waals surface area contributed by atoms with Gasteiger partial charge in [0.15, 0.2) is 0 Å². The number of anilines is 2. The Kier molecular flexibility index (Phi) is 5.94. The first-order chi connectivity index (χ1) is 14.2. The molecule has 29 heavy (non-hydrogen) atoms. The quantitative estimate of drug-likeness (QED) is 0.530. The van der Waals surface area contributed by atoms with Crippen LogP contribution in [0.4, 0.5) is 11.5 Å². The maximum absolute atomic E-state index is 12.8. The number of aromatic nitrogens is 2. The van der Waals surface area contributed by atoms with Crippen LogP contribution in [-0.2, 0) is 4.74 Å². The Bertz CT molecular complexity index is 994. The van der Waals surface area contributed by atoms with E-state index < -0.39 is 0 Å². The van der Waals surface area contributed by atoms with E-state index in [0.29, 0.717) is 17.3 Å². The predicted octanol–water partition coefficient (Wildman–Crippen LogP) is 5.63. The summed E-state index contributed by atoms with van der Waals surface area (Å²) in [6.45, 7) is 4.52. The van der Waals surface area contributed by atoms with Gasteiger partial charge in [-0.3, -0.25) is 0 Å². The van der Waals surface area contributed by atoms with E-state index in [-0.39, 0.29) is 12.1 Å². The van der Waals surface area contributed by atoms with Crippen molar-refractivity contribution in [1.29, 1.82) is 0 Å². The summed E-state index contributed by atoms with van der Waals surface area (Å²) in [6.07, 6.45) is 6.96. The van der Waals surface area contributed by atoms with Crippen molar-refractivity contribution in [2.75, 3.05) is 11.9 Å². The van der Waals surface area contributed by atoms with E-state index in [0.717, 1.165) is 52.9 Å². The number of hydrogen-bond acceptors (Lipinski definition) is 7. The maximum Gasteiger partial charge on any atom is 0.348 e. The molecule has 1 aromatic carbocycles. The van der Waals surface area contributed by atoms with E-state index in [9.17, 15) is 4.79 Å². The Morgan fingerprint density at radius 2 is 1.93 bits per heavy atom. The number of carbonyl (C=O) groups is 1. The third-order valence-corrected chi connectivity index (χ3v) is 6.35. The summed E-state index contributed by atoms with van der Waals surface area (Å²) in [5, 5.41) is 4.20. The van der Waals surface area contributed by atoms with Gasteiger partial charge in [0, 0.05) is 5.69 Å². The third kappa shape index (κ3) is 4.34. The van der Waals surface area contributed by atoms with Crippen molar-refractivity contribution >= 4 is 39.0 Å². The highest BCUT2D eigenvalue weighted by Gasteiger charge is 2.24. The minimum atomic E-state index is -0.246. The Hall–Kier alpha value is -2.67. The zero-order chi connectivity index (χ0) is 20.2. The lowest BCUT2D eigenvalue weighted by Gasteiger charge is -2.21. The molecule has 4 rings (SSSR count). The van der Waals surface area contributed by atoms with Gasteiger partial charge in [-0.15, -0.1) is 11.3 Å². The van der Waals surface area contributed by atoms with Crippen molar-refractivity contribution in [2.24, 2.45) is 0 Å². The predicted molar refractivity (Wildman–Crippen MR) is 115 cm³/mol. The molecule has 0 atom stereocenters. The average Bonchev–Trinajstić information content (AvgIpc) is 3.08. The van der Waals surface area contributed by atoms with Gasteiger partial charge < -0.3 is 14.8 Å². The van der Waals surface area contributed by atoms with Crippen LogP contribution in [0.3, 0.4) is 0 Å². The van der Waals surface area contributed by atoms with Gasteiger partial charge in [0.05, 0.1) is 12.0 Å². The molecule has 1 aliphatic rings. The van der Waals surface area contributed by atoms with E-state index in [1.54, 1.807) is 0 Å². The van der Waals surface area contributed by atoms with Crippen molar-refractivity contribution < 1.29 is 14.3 Å². The second-order valence-electron chi connectivity index (χ2n) is 7.21. The molecule has 0 aliphatic heterocycles. The number of nitrogens with zero attached hydrogens (tertiary/aromatic N) is 2. The molecule has 0 radical (unpaired) electrons. The van der Waals surface area contributed by atoms with Crippen LogP contribution in [0.5, 0.6) is 5.75 Å². The number of ether oxygens (including phenoxy) is 2. The topological polar surface area (TPSA) is 73.3 Å². The van der Waals surface area contributed by atoms with Crippen LogP contribution < -0.4 is 10.1 Å². The number of aryl methyl sites for hydroxylation is 1. The summed E-state index contributed by atoms with van der Waals surface area (Å²) in [4.78, 5) is 23.0. The standard InChI is InChI=1S/C22H25N3O3S/c1-3-27-16-11-9-15(10-12-16)25-20-18-14(2)19(29-21(18)24-13-23-20)22(26)28-17-7-5-4-6-8-17/h9-13,17H,3-8H2,1-2H3,(H,23,24,25). The van der Waals surface area contributed by atoms with Crippen LogP contribution >= 0.6 is 11.3 Å². The van der Waals surface area contributed by atoms with E-state index in [2.05, 4.69) is 15.3 Å². The molecule has 2 heterocycles. The van der Waals surface area contributed by atoms with Crippen LogP contribution in [0.15, 0.2) is 30.6 Å². The summed E-state index contributed by atoms with van der Waals surface area (Å²) in [5.41, 5.74) is 1.75. The van der Waals surface area contributed by atoms with Gasteiger partial charge in [0.1, 0.15) is 33.7 Å². The van der Waals surface area contributed by atoms with E-state index >= 15 is 0 Å². The maximum atomic E-state index is 12.8. The van der Waals surface area contributed by atoms with Crippen molar-refractivity contribution in [3.63, 3.8) is 0 Å².